The highest BCUT2D eigenvalue weighted by Gasteiger charge is 2.11. The van der Waals surface area contributed by atoms with Gasteiger partial charge in [0.2, 0.25) is 0 Å². The molecule has 0 aromatic carbocycles. The van der Waals surface area contributed by atoms with Crippen LogP contribution in [0, 0.1) is 5.92 Å². The van der Waals surface area contributed by atoms with E-state index in [9.17, 15) is 9.59 Å². The average molecular weight is 226 g/mol. The molecule has 0 spiro atoms. The molecule has 0 radical (unpaired) electrons. The molecular weight excluding hydrogens is 208 g/mol. The molecule has 0 bridgehead atoms. The quantitative estimate of drug-likeness (QED) is 0.284. The first-order valence-corrected chi connectivity index (χ1v) is 5.25. The van der Waals surface area contributed by atoms with Crippen molar-refractivity contribution in [2.45, 2.75) is 32.1 Å². The van der Waals surface area contributed by atoms with Crippen LogP contribution >= 0.6 is 0 Å². The molecule has 1 atom stereocenters. The molecular formula is C12H18O4. The van der Waals surface area contributed by atoms with Crippen LogP contribution in [0.15, 0.2) is 25.5 Å². The summed E-state index contributed by atoms with van der Waals surface area (Å²) >= 11 is 0. The number of hydrogen-bond donors (Lipinski definition) is 1. The zero-order valence-electron chi connectivity index (χ0n) is 9.35. The molecule has 0 heterocycles. The lowest BCUT2D eigenvalue weighted by atomic mass is 9.98. The Labute approximate surface area is 95.6 Å². The normalized spacial score (nSPS) is 11.5. The van der Waals surface area contributed by atoms with E-state index in [1.807, 2.05) is 0 Å². The summed E-state index contributed by atoms with van der Waals surface area (Å²) in [6, 6.07) is 0. The Morgan fingerprint density at radius 3 is 2.50 bits per heavy atom. The molecule has 0 rings (SSSR count). The molecule has 0 amide bonds. The Morgan fingerprint density at radius 2 is 2.00 bits per heavy atom. The number of esters is 1. The minimum Gasteiger partial charge on any atom is -0.481 e. The fraction of sp³-hybridized carbons (Fsp3) is 0.500. The van der Waals surface area contributed by atoms with Crippen molar-refractivity contribution in [3.63, 3.8) is 0 Å². The van der Waals surface area contributed by atoms with Crippen LogP contribution in [0.5, 0.6) is 0 Å². The zero-order chi connectivity index (χ0) is 12.4. The van der Waals surface area contributed by atoms with Crippen LogP contribution in [0.3, 0.4) is 0 Å². The van der Waals surface area contributed by atoms with Crippen molar-refractivity contribution in [1.82, 2.24) is 0 Å². The molecule has 1 N–H and O–H groups in total. The fourth-order valence-electron chi connectivity index (χ4n) is 1.34. The molecule has 0 aromatic heterocycles. The Morgan fingerprint density at radius 1 is 1.31 bits per heavy atom. The molecule has 0 aliphatic carbocycles. The number of carbonyl (C=O) groups is 2. The van der Waals surface area contributed by atoms with Crippen molar-refractivity contribution >= 4 is 11.9 Å². The summed E-state index contributed by atoms with van der Waals surface area (Å²) in [5.41, 5.74) is 0. The third-order valence-electron chi connectivity index (χ3n) is 2.19. The molecule has 90 valence electrons. The van der Waals surface area contributed by atoms with Crippen molar-refractivity contribution in [1.29, 1.82) is 0 Å². The zero-order valence-corrected chi connectivity index (χ0v) is 9.35. The van der Waals surface area contributed by atoms with Crippen LogP contribution in [-0.2, 0) is 14.3 Å². The minimum absolute atomic E-state index is 0.0428. The van der Waals surface area contributed by atoms with E-state index in [1.165, 1.54) is 0 Å². The lowest BCUT2D eigenvalue weighted by Gasteiger charge is -2.09. The van der Waals surface area contributed by atoms with Gasteiger partial charge in [-0.1, -0.05) is 19.1 Å². The van der Waals surface area contributed by atoms with Gasteiger partial charge in [0.25, 0.3) is 0 Å². The van der Waals surface area contributed by atoms with E-state index in [2.05, 4.69) is 17.9 Å². The van der Waals surface area contributed by atoms with Gasteiger partial charge >= 0.3 is 11.9 Å². The Hall–Kier alpha value is -1.58. The van der Waals surface area contributed by atoms with Gasteiger partial charge in [0, 0.05) is 6.42 Å². The molecule has 0 aliphatic heterocycles. The molecule has 0 saturated carbocycles. The summed E-state index contributed by atoms with van der Waals surface area (Å²) in [5.74, 6) is -1.08. The van der Waals surface area contributed by atoms with Gasteiger partial charge in [-0.15, -0.1) is 6.58 Å². The highest BCUT2D eigenvalue weighted by molar-refractivity contribution is 5.70. The predicted octanol–water partition coefficient (Wildman–Crippen LogP) is 2.51. The number of ether oxygens (including phenoxy) is 1. The Kier molecular flexibility index (Phi) is 7.85. The molecule has 16 heavy (non-hydrogen) atoms. The first-order valence-electron chi connectivity index (χ1n) is 5.25. The summed E-state index contributed by atoms with van der Waals surface area (Å²) in [5, 5.41) is 8.45. The highest BCUT2D eigenvalue weighted by Crippen LogP contribution is 2.15. The van der Waals surface area contributed by atoms with Crippen LogP contribution in [0.1, 0.15) is 32.1 Å². The third kappa shape index (κ3) is 7.79. The van der Waals surface area contributed by atoms with Gasteiger partial charge in [0.05, 0.1) is 12.7 Å². The van der Waals surface area contributed by atoms with Crippen LogP contribution < -0.4 is 0 Å². The van der Waals surface area contributed by atoms with E-state index in [0.29, 0.717) is 6.42 Å². The van der Waals surface area contributed by atoms with Gasteiger partial charge in [-0.25, -0.2) is 0 Å². The van der Waals surface area contributed by atoms with Crippen molar-refractivity contribution < 1.29 is 19.4 Å². The standard InChI is InChI=1S/C12H18O4/c1-3-10(9-12(15)16-4-2)7-5-6-8-11(13)14/h3-4,10H,1-2,5-9H2,(H,13,14). The topological polar surface area (TPSA) is 63.6 Å². The minimum atomic E-state index is -0.791. The van der Waals surface area contributed by atoms with Crippen molar-refractivity contribution in [3.8, 4) is 0 Å². The smallest absolute Gasteiger partial charge is 0.311 e. The van der Waals surface area contributed by atoms with Gasteiger partial charge < -0.3 is 9.84 Å². The molecule has 4 heteroatoms. The van der Waals surface area contributed by atoms with Crippen molar-refractivity contribution in [2.75, 3.05) is 0 Å². The number of carboxylic acid groups (broad SMARTS) is 1. The predicted molar refractivity (Wildman–Crippen MR) is 60.7 cm³/mol. The second-order valence-electron chi connectivity index (χ2n) is 3.50. The maximum Gasteiger partial charge on any atom is 0.311 e. The van der Waals surface area contributed by atoms with E-state index < -0.39 is 5.97 Å². The second-order valence-corrected chi connectivity index (χ2v) is 3.50. The van der Waals surface area contributed by atoms with E-state index >= 15 is 0 Å². The first kappa shape index (κ1) is 14.4. The largest absolute Gasteiger partial charge is 0.481 e. The number of unbranched alkanes of at least 4 members (excludes halogenated alkanes) is 1. The lowest BCUT2D eigenvalue weighted by molar-refractivity contribution is -0.139. The maximum atomic E-state index is 11.1. The molecule has 0 aliphatic rings. The van der Waals surface area contributed by atoms with Gasteiger partial charge in [0.15, 0.2) is 0 Å². The fourth-order valence-corrected chi connectivity index (χ4v) is 1.34. The van der Waals surface area contributed by atoms with Crippen LogP contribution in [0.25, 0.3) is 0 Å². The molecule has 4 nitrogen and oxygen atoms in total. The van der Waals surface area contributed by atoms with Crippen LogP contribution in [0.2, 0.25) is 0 Å². The molecule has 0 saturated heterocycles. The summed E-state index contributed by atoms with van der Waals surface area (Å²) in [6.45, 7) is 6.93. The van der Waals surface area contributed by atoms with Gasteiger partial charge in [-0.05, 0) is 18.8 Å². The first-order chi connectivity index (χ1) is 7.60. The Bertz CT molecular complexity index is 258. The van der Waals surface area contributed by atoms with Gasteiger partial charge in [0.1, 0.15) is 0 Å². The monoisotopic (exact) mass is 226 g/mol. The van der Waals surface area contributed by atoms with E-state index in [-0.39, 0.29) is 24.7 Å². The van der Waals surface area contributed by atoms with Gasteiger partial charge in [-0.3, -0.25) is 9.59 Å². The summed E-state index contributed by atoms with van der Waals surface area (Å²) in [4.78, 5) is 21.4. The molecule has 1 unspecified atom stereocenters. The number of carbonyl (C=O) groups excluding carboxylic acids is 1. The van der Waals surface area contributed by atoms with Crippen LogP contribution in [0.4, 0.5) is 0 Å². The number of hydrogen-bond acceptors (Lipinski definition) is 3. The SMILES string of the molecule is C=COC(=O)CC(C=C)CCCCC(=O)O. The van der Waals surface area contributed by atoms with E-state index in [1.54, 1.807) is 6.08 Å². The number of carboxylic acids is 1. The number of allylic oxidation sites excluding steroid dienone is 1. The lowest BCUT2D eigenvalue weighted by Crippen LogP contribution is -2.07. The maximum absolute atomic E-state index is 11.1. The highest BCUT2D eigenvalue weighted by atomic mass is 16.5. The second kappa shape index (κ2) is 8.71. The van der Waals surface area contributed by atoms with E-state index in [0.717, 1.165) is 19.1 Å². The van der Waals surface area contributed by atoms with Crippen molar-refractivity contribution in [3.05, 3.63) is 25.5 Å². The number of aliphatic carboxylic acids is 1. The summed E-state index contributed by atoms with van der Waals surface area (Å²) in [7, 11) is 0. The van der Waals surface area contributed by atoms with Crippen molar-refractivity contribution in [2.24, 2.45) is 5.92 Å². The average Bonchev–Trinajstić information content (AvgIpc) is 2.22. The molecule has 0 fully saturated rings. The van der Waals surface area contributed by atoms with Gasteiger partial charge in [-0.2, -0.15) is 0 Å². The molecule has 0 aromatic rings. The Balaban J connectivity index is 3.74. The summed E-state index contributed by atoms with van der Waals surface area (Å²) in [6.07, 6.45) is 5.38. The van der Waals surface area contributed by atoms with E-state index in [4.69, 9.17) is 5.11 Å². The van der Waals surface area contributed by atoms with Crippen LogP contribution in [-0.4, -0.2) is 17.0 Å². The third-order valence-corrected chi connectivity index (χ3v) is 2.19. The summed E-state index contributed by atoms with van der Waals surface area (Å²) < 4.78 is 4.60. The number of rotatable bonds is 9.